The number of allylic oxidation sites excluding steroid dienone is 5. The van der Waals surface area contributed by atoms with Gasteiger partial charge in [-0.15, -0.1) is 0 Å². The average molecular weight is 844 g/mol. The van der Waals surface area contributed by atoms with Crippen molar-refractivity contribution in [2.24, 2.45) is 0 Å². The number of carbonyl (C=O) groups is 2. The molecule has 0 aromatic heterocycles. The molecule has 1 amide bonds. The number of unbranched alkanes of at least 4 members (excludes halogenated alkanes) is 33. The highest BCUT2D eigenvalue weighted by molar-refractivity contribution is 5.76. The quantitative estimate of drug-likeness (QED) is 0.0322. The molecular weight excluding hydrogens is 743 g/mol. The molecular formula is C54H101NO5. The van der Waals surface area contributed by atoms with Crippen LogP contribution in [0.5, 0.6) is 0 Å². The van der Waals surface area contributed by atoms with Gasteiger partial charge in [0.1, 0.15) is 0 Å². The molecule has 3 N–H and O–H groups in total. The van der Waals surface area contributed by atoms with Crippen molar-refractivity contribution in [2.75, 3.05) is 13.2 Å². The molecule has 0 spiro atoms. The van der Waals surface area contributed by atoms with Crippen molar-refractivity contribution in [3.63, 3.8) is 0 Å². The Morgan fingerprint density at radius 1 is 0.467 bits per heavy atom. The molecule has 0 radical (unpaired) electrons. The summed E-state index contributed by atoms with van der Waals surface area (Å²) in [5.41, 5.74) is 0. The second kappa shape index (κ2) is 49.7. The smallest absolute Gasteiger partial charge is 0.305 e. The molecule has 60 heavy (non-hydrogen) atoms. The van der Waals surface area contributed by atoms with Gasteiger partial charge in [0.05, 0.1) is 25.4 Å². The number of carbonyl (C=O) groups excluding carboxylic acids is 2. The lowest BCUT2D eigenvalue weighted by atomic mass is 10.0. The van der Waals surface area contributed by atoms with Crippen LogP contribution in [0.25, 0.3) is 0 Å². The summed E-state index contributed by atoms with van der Waals surface area (Å²) in [5.74, 6) is -0.0840. The Kier molecular flexibility index (Phi) is 48.1. The second-order valence-electron chi connectivity index (χ2n) is 17.9. The highest BCUT2D eigenvalue weighted by Crippen LogP contribution is 2.16. The first kappa shape index (κ1) is 58.1. The zero-order chi connectivity index (χ0) is 43.7. The third-order valence-electron chi connectivity index (χ3n) is 11.9. The standard InChI is InChI=1S/C54H101NO5/c1-3-5-7-9-11-13-15-16-17-18-22-25-28-32-36-40-44-48-54(59)60-49-45-41-37-33-29-26-23-20-19-21-24-27-31-35-39-43-47-53(58)55-51(50-56)52(57)46-42-38-34-30-14-12-10-8-6-4-2/h11,13,16-17,42,46,51-52,56-57H,3-10,12,14-15,18-41,43-45,47-50H2,1-2H3,(H,55,58)/b13-11-,17-16-,46-42+. The molecule has 0 aromatic rings. The minimum Gasteiger partial charge on any atom is -0.466 e. The van der Waals surface area contributed by atoms with Crippen LogP contribution in [-0.4, -0.2) is 47.4 Å². The first-order chi connectivity index (χ1) is 29.5. The van der Waals surface area contributed by atoms with Crippen LogP contribution in [0.3, 0.4) is 0 Å². The topological polar surface area (TPSA) is 95.9 Å². The van der Waals surface area contributed by atoms with Gasteiger partial charge in [-0.2, -0.15) is 0 Å². The summed E-state index contributed by atoms with van der Waals surface area (Å²) in [7, 11) is 0. The van der Waals surface area contributed by atoms with E-state index in [9.17, 15) is 19.8 Å². The van der Waals surface area contributed by atoms with Gasteiger partial charge in [0, 0.05) is 12.8 Å². The minimum atomic E-state index is -0.847. The summed E-state index contributed by atoms with van der Waals surface area (Å²) < 4.78 is 5.47. The maximum Gasteiger partial charge on any atom is 0.305 e. The first-order valence-electron chi connectivity index (χ1n) is 26.3. The number of esters is 1. The van der Waals surface area contributed by atoms with Gasteiger partial charge in [-0.05, 0) is 64.2 Å². The number of rotatable bonds is 48. The van der Waals surface area contributed by atoms with Gasteiger partial charge in [-0.25, -0.2) is 0 Å². The van der Waals surface area contributed by atoms with Crippen LogP contribution >= 0.6 is 0 Å². The Morgan fingerprint density at radius 2 is 0.833 bits per heavy atom. The van der Waals surface area contributed by atoms with Gasteiger partial charge in [0.2, 0.25) is 5.91 Å². The molecule has 352 valence electrons. The number of ether oxygens (including phenoxy) is 1. The second-order valence-corrected chi connectivity index (χ2v) is 17.9. The summed E-state index contributed by atoms with van der Waals surface area (Å²) in [6, 6.07) is -0.632. The molecule has 2 atom stereocenters. The van der Waals surface area contributed by atoms with Gasteiger partial charge in [-0.1, -0.05) is 230 Å². The fourth-order valence-electron chi connectivity index (χ4n) is 7.84. The zero-order valence-corrected chi connectivity index (χ0v) is 39.9. The van der Waals surface area contributed by atoms with E-state index in [0.717, 1.165) is 57.8 Å². The predicted molar refractivity (Wildman–Crippen MR) is 259 cm³/mol. The molecule has 0 saturated carbocycles. The lowest BCUT2D eigenvalue weighted by Crippen LogP contribution is -2.45. The van der Waals surface area contributed by atoms with Gasteiger partial charge in [-0.3, -0.25) is 9.59 Å². The third kappa shape index (κ3) is 45.6. The van der Waals surface area contributed by atoms with E-state index >= 15 is 0 Å². The van der Waals surface area contributed by atoms with Crippen LogP contribution in [0.2, 0.25) is 0 Å². The van der Waals surface area contributed by atoms with Crippen LogP contribution in [0, 0.1) is 0 Å². The summed E-state index contributed by atoms with van der Waals surface area (Å²) in [6.45, 7) is 4.84. The van der Waals surface area contributed by atoms with E-state index in [1.54, 1.807) is 6.08 Å². The SMILES string of the molecule is CCCCC/C=C\C/C=C\CCCCCCCCCC(=O)OCCCCCCCCCCCCCCCCCCC(=O)NC(CO)C(O)/C=C/CCCCCCCCCC. The summed E-state index contributed by atoms with van der Waals surface area (Å²) >= 11 is 0. The van der Waals surface area contributed by atoms with Crippen LogP contribution in [-0.2, 0) is 14.3 Å². The van der Waals surface area contributed by atoms with Crippen molar-refractivity contribution in [1.82, 2.24) is 5.32 Å². The van der Waals surface area contributed by atoms with E-state index in [-0.39, 0.29) is 18.5 Å². The molecule has 0 aliphatic rings. The van der Waals surface area contributed by atoms with E-state index < -0.39 is 12.1 Å². The van der Waals surface area contributed by atoms with E-state index in [1.807, 2.05) is 6.08 Å². The van der Waals surface area contributed by atoms with Crippen molar-refractivity contribution in [3.05, 3.63) is 36.5 Å². The maximum atomic E-state index is 12.4. The predicted octanol–water partition coefficient (Wildman–Crippen LogP) is 15.7. The van der Waals surface area contributed by atoms with Crippen LogP contribution in [0.1, 0.15) is 271 Å². The molecule has 6 heteroatoms. The van der Waals surface area contributed by atoms with Crippen molar-refractivity contribution >= 4 is 11.9 Å². The number of aliphatic hydroxyl groups excluding tert-OH is 2. The van der Waals surface area contributed by atoms with Crippen LogP contribution < -0.4 is 5.32 Å². The molecule has 0 bridgehead atoms. The fraction of sp³-hybridized carbons (Fsp3) is 0.852. The Morgan fingerprint density at radius 3 is 1.30 bits per heavy atom. The van der Waals surface area contributed by atoms with Crippen LogP contribution in [0.15, 0.2) is 36.5 Å². The Hall–Kier alpha value is -1.92. The lowest BCUT2D eigenvalue weighted by molar-refractivity contribution is -0.143. The van der Waals surface area contributed by atoms with Gasteiger partial charge in [0.25, 0.3) is 0 Å². The van der Waals surface area contributed by atoms with Crippen molar-refractivity contribution in [3.8, 4) is 0 Å². The summed E-state index contributed by atoms with van der Waals surface area (Å²) in [6.07, 6.45) is 60.0. The minimum absolute atomic E-state index is 0.00637. The molecule has 0 aliphatic carbocycles. The van der Waals surface area contributed by atoms with Crippen molar-refractivity contribution < 1.29 is 24.5 Å². The lowest BCUT2D eigenvalue weighted by Gasteiger charge is -2.20. The number of aliphatic hydroxyl groups is 2. The molecule has 0 aliphatic heterocycles. The van der Waals surface area contributed by atoms with Gasteiger partial charge in [0.15, 0.2) is 0 Å². The summed E-state index contributed by atoms with van der Waals surface area (Å²) in [4.78, 5) is 24.4. The number of amides is 1. The molecule has 0 fully saturated rings. The number of hydrogen-bond donors (Lipinski definition) is 3. The fourth-order valence-corrected chi connectivity index (χ4v) is 7.84. The van der Waals surface area contributed by atoms with Crippen LogP contribution in [0.4, 0.5) is 0 Å². The Bertz CT molecular complexity index is 977. The summed E-state index contributed by atoms with van der Waals surface area (Å²) in [5, 5.41) is 22.9. The molecule has 2 unspecified atom stereocenters. The third-order valence-corrected chi connectivity index (χ3v) is 11.9. The molecule has 0 saturated heterocycles. The largest absolute Gasteiger partial charge is 0.466 e. The van der Waals surface area contributed by atoms with Gasteiger partial charge < -0.3 is 20.3 Å². The normalized spacial score (nSPS) is 12.9. The average Bonchev–Trinajstić information content (AvgIpc) is 3.25. The molecule has 0 rings (SSSR count). The van der Waals surface area contributed by atoms with Crippen molar-refractivity contribution in [2.45, 2.75) is 283 Å². The number of nitrogens with one attached hydrogen (secondary N) is 1. The molecule has 0 aromatic carbocycles. The molecule has 0 heterocycles. The van der Waals surface area contributed by atoms with E-state index in [0.29, 0.717) is 19.4 Å². The Balaban J connectivity index is 3.43. The highest BCUT2D eigenvalue weighted by atomic mass is 16.5. The van der Waals surface area contributed by atoms with E-state index in [1.165, 1.54) is 186 Å². The first-order valence-corrected chi connectivity index (χ1v) is 26.3. The van der Waals surface area contributed by atoms with Gasteiger partial charge >= 0.3 is 5.97 Å². The maximum absolute atomic E-state index is 12.4. The zero-order valence-electron chi connectivity index (χ0n) is 39.9. The highest BCUT2D eigenvalue weighted by Gasteiger charge is 2.18. The number of hydrogen-bond acceptors (Lipinski definition) is 5. The van der Waals surface area contributed by atoms with E-state index in [2.05, 4.69) is 43.5 Å². The van der Waals surface area contributed by atoms with Crippen molar-refractivity contribution in [1.29, 1.82) is 0 Å². The Labute approximate surface area is 373 Å². The monoisotopic (exact) mass is 844 g/mol. The van der Waals surface area contributed by atoms with E-state index in [4.69, 9.17) is 4.74 Å². The molecule has 6 nitrogen and oxygen atoms in total.